The molecule has 2 aromatic heterocycles. The molecule has 0 saturated carbocycles. The molecule has 1 aliphatic heterocycles. The molecule has 3 rings (SSSR count). The average Bonchev–Trinajstić information content (AvgIpc) is 2.88. The standard InChI is InChI=1S/C13H17N3O2S2/c1-8-9(2)19-13-11(8)12(15-7-16-13)14-5-10-3-4-20(17,18)6-10/h7,10H,3-6H2,1-2H3,(H,14,15,16)/t10-/m0/s1. The minimum atomic E-state index is -2.82. The first-order chi connectivity index (χ1) is 9.46. The van der Waals surface area contributed by atoms with Gasteiger partial charge >= 0.3 is 0 Å². The second-order valence-electron chi connectivity index (χ2n) is 5.34. The highest BCUT2D eigenvalue weighted by Gasteiger charge is 2.27. The minimum Gasteiger partial charge on any atom is -0.369 e. The number of anilines is 1. The first-order valence-corrected chi connectivity index (χ1v) is 9.25. The largest absolute Gasteiger partial charge is 0.369 e. The van der Waals surface area contributed by atoms with Gasteiger partial charge in [0, 0.05) is 11.4 Å². The normalized spacial score (nSPS) is 21.4. The molecule has 0 unspecified atom stereocenters. The van der Waals surface area contributed by atoms with Crippen molar-refractivity contribution in [2.75, 3.05) is 23.4 Å². The van der Waals surface area contributed by atoms with Crippen molar-refractivity contribution in [3.05, 3.63) is 16.8 Å². The summed E-state index contributed by atoms with van der Waals surface area (Å²) in [6, 6.07) is 0. The van der Waals surface area contributed by atoms with E-state index in [0.29, 0.717) is 12.3 Å². The molecule has 1 atom stereocenters. The Hall–Kier alpha value is -1.21. The summed E-state index contributed by atoms with van der Waals surface area (Å²) < 4.78 is 22.9. The van der Waals surface area contributed by atoms with E-state index in [1.807, 2.05) is 0 Å². The molecule has 1 fully saturated rings. The molecule has 108 valence electrons. The zero-order valence-corrected chi connectivity index (χ0v) is 13.1. The SMILES string of the molecule is Cc1sc2ncnc(NC[C@@H]3CCS(=O)(=O)C3)c2c1C. The number of rotatable bonds is 3. The lowest BCUT2D eigenvalue weighted by molar-refractivity contribution is 0.596. The molecule has 7 heteroatoms. The molecule has 5 nitrogen and oxygen atoms in total. The van der Waals surface area contributed by atoms with Crippen LogP contribution in [0.15, 0.2) is 6.33 Å². The van der Waals surface area contributed by atoms with Crippen LogP contribution in [0.4, 0.5) is 5.82 Å². The van der Waals surface area contributed by atoms with Gasteiger partial charge in [-0.1, -0.05) is 0 Å². The Balaban J connectivity index is 1.81. The molecule has 20 heavy (non-hydrogen) atoms. The molecule has 0 bridgehead atoms. The van der Waals surface area contributed by atoms with Crippen LogP contribution in [0.25, 0.3) is 10.2 Å². The van der Waals surface area contributed by atoms with Crippen LogP contribution in [0.2, 0.25) is 0 Å². The summed E-state index contributed by atoms with van der Waals surface area (Å²) >= 11 is 1.66. The third-order valence-corrected chi connectivity index (χ3v) is 6.80. The van der Waals surface area contributed by atoms with Crippen molar-refractivity contribution in [3.8, 4) is 0 Å². The Morgan fingerprint density at radius 3 is 2.90 bits per heavy atom. The fourth-order valence-corrected chi connectivity index (χ4v) is 5.45. The van der Waals surface area contributed by atoms with Crippen LogP contribution < -0.4 is 5.32 Å². The molecule has 1 aliphatic rings. The lowest BCUT2D eigenvalue weighted by Gasteiger charge is -2.11. The van der Waals surface area contributed by atoms with Crippen molar-refractivity contribution < 1.29 is 8.42 Å². The Kier molecular flexibility index (Phi) is 3.41. The molecular weight excluding hydrogens is 294 g/mol. The van der Waals surface area contributed by atoms with Gasteiger partial charge in [0.05, 0.1) is 16.9 Å². The van der Waals surface area contributed by atoms with Crippen molar-refractivity contribution in [2.24, 2.45) is 5.92 Å². The van der Waals surface area contributed by atoms with Crippen LogP contribution in [-0.4, -0.2) is 36.4 Å². The fourth-order valence-electron chi connectivity index (χ4n) is 2.59. The average molecular weight is 311 g/mol. The lowest BCUT2D eigenvalue weighted by Crippen LogP contribution is -2.16. The second kappa shape index (κ2) is 4.96. The van der Waals surface area contributed by atoms with Gasteiger partial charge in [-0.15, -0.1) is 11.3 Å². The number of nitrogens with one attached hydrogen (secondary N) is 1. The molecule has 0 aromatic carbocycles. The summed E-state index contributed by atoms with van der Waals surface area (Å²) in [5.74, 6) is 1.61. The number of thiophene rings is 1. The van der Waals surface area contributed by atoms with Gasteiger partial charge in [0.25, 0.3) is 0 Å². The Morgan fingerprint density at radius 2 is 2.20 bits per heavy atom. The summed E-state index contributed by atoms with van der Waals surface area (Å²) in [4.78, 5) is 10.8. The highest BCUT2D eigenvalue weighted by atomic mass is 32.2. The van der Waals surface area contributed by atoms with E-state index in [0.717, 1.165) is 22.5 Å². The third kappa shape index (κ3) is 2.52. The van der Waals surface area contributed by atoms with E-state index >= 15 is 0 Å². The second-order valence-corrected chi connectivity index (χ2v) is 8.77. The van der Waals surface area contributed by atoms with Crippen LogP contribution in [0, 0.1) is 19.8 Å². The van der Waals surface area contributed by atoms with Gasteiger partial charge in [-0.3, -0.25) is 0 Å². The van der Waals surface area contributed by atoms with E-state index in [-0.39, 0.29) is 11.7 Å². The minimum absolute atomic E-state index is 0.185. The van der Waals surface area contributed by atoms with Crippen molar-refractivity contribution in [1.29, 1.82) is 0 Å². The van der Waals surface area contributed by atoms with Crippen LogP contribution in [-0.2, 0) is 9.84 Å². The zero-order chi connectivity index (χ0) is 14.3. The van der Waals surface area contributed by atoms with E-state index in [1.54, 1.807) is 17.7 Å². The maximum atomic E-state index is 11.5. The number of aryl methyl sites for hydroxylation is 2. The van der Waals surface area contributed by atoms with Crippen molar-refractivity contribution >= 4 is 37.2 Å². The number of nitrogens with zero attached hydrogens (tertiary/aromatic N) is 2. The van der Waals surface area contributed by atoms with Crippen molar-refractivity contribution in [3.63, 3.8) is 0 Å². The van der Waals surface area contributed by atoms with Gasteiger partial charge in [0.2, 0.25) is 0 Å². The molecule has 0 radical (unpaired) electrons. The number of hydrogen-bond acceptors (Lipinski definition) is 6. The van der Waals surface area contributed by atoms with Gasteiger partial charge in [0.1, 0.15) is 17.0 Å². The molecule has 3 heterocycles. The van der Waals surface area contributed by atoms with E-state index in [1.165, 1.54) is 10.4 Å². The maximum absolute atomic E-state index is 11.5. The first-order valence-electron chi connectivity index (χ1n) is 6.61. The quantitative estimate of drug-likeness (QED) is 0.940. The van der Waals surface area contributed by atoms with Crippen LogP contribution in [0.5, 0.6) is 0 Å². The topological polar surface area (TPSA) is 72.0 Å². The third-order valence-electron chi connectivity index (χ3n) is 3.85. The molecule has 2 aromatic rings. The molecular formula is C13H17N3O2S2. The van der Waals surface area contributed by atoms with E-state index in [2.05, 4.69) is 29.1 Å². The Morgan fingerprint density at radius 1 is 1.40 bits per heavy atom. The van der Waals surface area contributed by atoms with Gasteiger partial charge in [-0.25, -0.2) is 18.4 Å². The molecule has 0 spiro atoms. The Labute approximate surface area is 122 Å². The lowest BCUT2D eigenvalue weighted by atomic mass is 10.1. The van der Waals surface area contributed by atoms with Gasteiger partial charge in [0.15, 0.2) is 9.84 Å². The van der Waals surface area contributed by atoms with Gasteiger partial charge < -0.3 is 5.32 Å². The number of sulfone groups is 1. The highest BCUT2D eigenvalue weighted by Crippen LogP contribution is 2.32. The summed E-state index contributed by atoms with van der Waals surface area (Å²) in [6.07, 6.45) is 2.30. The summed E-state index contributed by atoms with van der Waals surface area (Å²) in [5.41, 5.74) is 1.20. The molecule has 1 saturated heterocycles. The van der Waals surface area contributed by atoms with Gasteiger partial charge in [-0.2, -0.15) is 0 Å². The molecule has 0 aliphatic carbocycles. The van der Waals surface area contributed by atoms with Crippen LogP contribution in [0.3, 0.4) is 0 Å². The van der Waals surface area contributed by atoms with E-state index < -0.39 is 9.84 Å². The summed E-state index contributed by atoms with van der Waals surface area (Å²) in [7, 11) is -2.82. The number of aromatic nitrogens is 2. The van der Waals surface area contributed by atoms with Crippen LogP contribution >= 0.6 is 11.3 Å². The first kappa shape index (κ1) is 13.8. The van der Waals surface area contributed by atoms with Crippen molar-refractivity contribution in [1.82, 2.24) is 9.97 Å². The van der Waals surface area contributed by atoms with Crippen molar-refractivity contribution in [2.45, 2.75) is 20.3 Å². The number of fused-ring (bicyclic) bond motifs is 1. The number of hydrogen-bond donors (Lipinski definition) is 1. The summed E-state index contributed by atoms with van der Waals surface area (Å²) in [5, 5.41) is 4.38. The van der Waals surface area contributed by atoms with Crippen LogP contribution in [0.1, 0.15) is 16.9 Å². The van der Waals surface area contributed by atoms with E-state index in [4.69, 9.17) is 0 Å². The Bertz CT molecular complexity index is 752. The molecule has 0 amide bonds. The molecule has 1 N–H and O–H groups in total. The monoisotopic (exact) mass is 311 g/mol. The smallest absolute Gasteiger partial charge is 0.150 e. The fraction of sp³-hybridized carbons (Fsp3) is 0.538. The predicted octanol–water partition coefficient (Wildman–Crippen LogP) is 2.15. The maximum Gasteiger partial charge on any atom is 0.150 e. The zero-order valence-electron chi connectivity index (χ0n) is 11.5. The highest BCUT2D eigenvalue weighted by molar-refractivity contribution is 7.91. The van der Waals surface area contributed by atoms with E-state index in [9.17, 15) is 8.42 Å². The summed E-state index contributed by atoms with van der Waals surface area (Å²) in [6.45, 7) is 4.80. The predicted molar refractivity (Wildman–Crippen MR) is 82.1 cm³/mol. The van der Waals surface area contributed by atoms with Gasteiger partial charge in [-0.05, 0) is 31.7 Å².